The number of thioether (sulfide) groups is 1. The van der Waals surface area contributed by atoms with E-state index in [0.717, 1.165) is 28.4 Å². The van der Waals surface area contributed by atoms with Gasteiger partial charge in [0, 0.05) is 27.6 Å². The average Bonchev–Trinajstić information content (AvgIpc) is 2.93. The number of rotatable bonds is 5. The van der Waals surface area contributed by atoms with Gasteiger partial charge in [0.1, 0.15) is 5.01 Å². The Balaban J connectivity index is 1.73. The first kappa shape index (κ1) is 16.8. The van der Waals surface area contributed by atoms with Crippen molar-refractivity contribution in [3.63, 3.8) is 0 Å². The molecule has 0 bridgehead atoms. The largest absolute Gasteiger partial charge is 0.275 e. The van der Waals surface area contributed by atoms with E-state index in [9.17, 15) is 4.79 Å². The number of fused-ring (bicyclic) bond motifs is 1. The van der Waals surface area contributed by atoms with Crippen molar-refractivity contribution in [3.8, 4) is 0 Å². The van der Waals surface area contributed by atoms with Gasteiger partial charge in [-0.2, -0.15) is 21.4 Å². The summed E-state index contributed by atoms with van der Waals surface area (Å²) in [7, 11) is 0. The topological polar surface area (TPSA) is 47.3 Å². The highest BCUT2D eigenvalue weighted by Crippen LogP contribution is 2.26. The molecule has 120 valence electrons. The molecule has 0 saturated heterocycles. The Bertz CT molecular complexity index is 907. The van der Waals surface area contributed by atoms with Crippen LogP contribution in [-0.4, -0.2) is 14.6 Å². The van der Waals surface area contributed by atoms with Gasteiger partial charge in [-0.1, -0.05) is 47.5 Å². The van der Waals surface area contributed by atoms with Crippen molar-refractivity contribution in [2.24, 2.45) is 0 Å². The first-order chi connectivity index (χ1) is 11.1. The monoisotopic (exact) mass is 385 g/mol. The lowest BCUT2D eigenvalue weighted by Gasteiger charge is -2.04. The van der Waals surface area contributed by atoms with Gasteiger partial charge in [-0.05, 0) is 24.1 Å². The molecule has 3 aromatic rings. The summed E-state index contributed by atoms with van der Waals surface area (Å²) in [5.74, 6) is 1.38. The fraction of sp³-hybridized carbons (Fsp3) is 0.267. The van der Waals surface area contributed by atoms with Crippen molar-refractivity contribution in [2.75, 3.05) is 0 Å². The number of benzene rings is 1. The first-order valence-corrected chi connectivity index (χ1v) is 9.70. The smallest absolute Gasteiger partial charge is 0.267 e. The molecule has 23 heavy (non-hydrogen) atoms. The van der Waals surface area contributed by atoms with Gasteiger partial charge in [0.05, 0.1) is 5.69 Å². The highest BCUT2D eigenvalue weighted by molar-refractivity contribution is 7.97. The summed E-state index contributed by atoms with van der Waals surface area (Å²) in [4.78, 5) is 17.2. The normalized spacial score (nSPS) is 11.3. The van der Waals surface area contributed by atoms with Crippen LogP contribution in [0.5, 0.6) is 0 Å². The van der Waals surface area contributed by atoms with Crippen LogP contribution >= 0.6 is 46.3 Å². The van der Waals surface area contributed by atoms with Gasteiger partial charge in [-0.15, -0.1) is 0 Å². The molecule has 0 aliphatic rings. The zero-order chi connectivity index (χ0) is 16.4. The fourth-order valence-electron chi connectivity index (χ4n) is 2.02. The van der Waals surface area contributed by atoms with E-state index < -0.39 is 0 Å². The summed E-state index contributed by atoms with van der Waals surface area (Å²) >= 11 is 15.2. The maximum atomic E-state index is 12.1. The highest BCUT2D eigenvalue weighted by atomic mass is 35.5. The molecule has 0 N–H and O–H groups in total. The van der Waals surface area contributed by atoms with E-state index in [-0.39, 0.29) is 5.56 Å². The van der Waals surface area contributed by atoms with E-state index in [1.807, 2.05) is 19.1 Å². The Hall–Kier alpha value is -1.08. The van der Waals surface area contributed by atoms with Gasteiger partial charge < -0.3 is 0 Å². The molecular formula is C15H13Cl2N3OS2. The minimum atomic E-state index is -0.133. The van der Waals surface area contributed by atoms with Crippen LogP contribution < -0.4 is 5.56 Å². The summed E-state index contributed by atoms with van der Waals surface area (Å²) in [6, 6.07) is 7.02. The molecule has 0 radical (unpaired) electrons. The van der Waals surface area contributed by atoms with E-state index in [1.165, 1.54) is 15.9 Å². The molecule has 4 nitrogen and oxygen atoms in total. The predicted octanol–water partition coefficient (Wildman–Crippen LogP) is 4.45. The van der Waals surface area contributed by atoms with Crippen LogP contribution in [0.2, 0.25) is 10.0 Å². The third-order valence-corrected chi connectivity index (χ3v) is 5.82. The molecule has 0 aliphatic heterocycles. The SMILES string of the molecule is CCc1nn2c(=O)cc(CSCc3ccc(Cl)cc3Cl)nc2s1. The molecule has 2 aromatic heterocycles. The molecule has 0 unspecified atom stereocenters. The van der Waals surface area contributed by atoms with Gasteiger partial charge in [-0.3, -0.25) is 4.79 Å². The minimum Gasteiger partial charge on any atom is -0.267 e. The van der Waals surface area contributed by atoms with Gasteiger partial charge in [-0.25, -0.2) is 4.98 Å². The lowest BCUT2D eigenvalue weighted by molar-refractivity contribution is 0.852. The average molecular weight is 386 g/mol. The van der Waals surface area contributed by atoms with Crippen LogP contribution in [0.15, 0.2) is 29.1 Å². The van der Waals surface area contributed by atoms with Crippen molar-refractivity contribution in [3.05, 3.63) is 60.9 Å². The molecular weight excluding hydrogens is 373 g/mol. The Morgan fingerprint density at radius 1 is 1.26 bits per heavy atom. The number of halogens is 2. The van der Waals surface area contributed by atoms with Gasteiger partial charge in [0.25, 0.3) is 5.56 Å². The van der Waals surface area contributed by atoms with E-state index in [1.54, 1.807) is 23.9 Å². The lowest BCUT2D eigenvalue weighted by atomic mass is 10.2. The van der Waals surface area contributed by atoms with Crippen molar-refractivity contribution in [2.45, 2.75) is 24.9 Å². The van der Waals surface area contributed by atoms with Crippen molar-refractivity contribution in [1.29, 1.82) is 0 Å². The lowest BCUT2D eigenvalue weighted by Crippen LogP contribution is -2.15. The molecule has 1 aromatic carbocycles. The third kappa shape index (κ3) is 3.88. The maximum absolute atomic E-state index is 12.1. The van der Waals surface area contributed by atoms with Gasteiger partial charge >= 0.3 is 0 Å². The molecule has 8 heteroatoms. The van der Waals surface area contributed by atoms with E-state index in [0.29, 0.717) is 20.8 Å². The molecule has 0 atom stereocenters. The number of hydrogen-bond acceptors (Lipinski definition) is 5. The highest BCUT2D eigenvalue weighted by Gasteiger charge is 2.08. The van der Waals surface area contributed by atoms with Crippen LogP contribution in [0.3, 0.4) is 0 Å². The second-order valence-electron chi connectivity index (χ2n) is 4.86. The maximum Gasteiger partial charge on any atom is 0.275 e. The van der Waals surface area contributed by atoms with Crippen molar-refractivity contribution < 1.29 is 0 Å². The molecule has 0 fully saturated rings. The fourth-order valence-corrected chi connectivity index (χ4v) is 4.36. The summed E-state index contributed by atoms with van der Waals surface area (Å²) in [5, 5.41) is 6.43. The van der Waals surface area contributed by atoms with E-state index in [2.05, 4.69) is 10.1 Å². The quantitative estimate of drug-likeness (QED) is 0.650. The Kier molecular flexibility index (Phi) is 5.26. The van der Waals surface area contributed by atoms with Gasteiger partial charge in [0.2, 0.25) is 4.96 Å². The number of hydrogen-bond donors (Lipinski definition) is 0. The third-order valence-electron chi connectivity index (χ3n) is 3.16. The van der Waals surface area contributed by atoms with Crippen molar-refractivity contribution >= 4 is 51.3 Å². The molecule has 0 amide bonds. The summed E-state index contributed by atoms with van der Waals surface area (Å²) in [6.45, 7) is 2.01. The summed E-state index contributed by atoms with van der Waals surface area (Å²) < 4.78 is 1.37. The second-order valence-corrected chi connectivity index (χ2v) is 7.73. The predicted molar refractivity (Wildman–Crippen MR) is 98.0 cm³/mol. The minimum absolute atomic E-state index is 0.133. The Morgan fingerprint density at radius 3 is 2.83 bits per heavy atom. The summed E-state index contributed by atoms with van der Waals surface area (Å²) in [6.07, 6.45) is 0.798. The zero-order valence-electron chi connectivity index (χ0n) is 12.3. The van der Waals surface area contributed by atoms with Gasteiger partial charge in [0.15, 0.2) is 0 Å². The molecule has 3 rings (SSSR count). The number of aryl methyl sites for hydroxylation is 1. The molecule has 2 heterocycles. The van der Waals surface area contributed by atoms with E-state index >= 15 is 0 Å². The molecule has 0 saturated carbocycles. The molecule has 0 aliphatic carbocycles. The van der Waals surface area contributed by atoms with Crippen LogP contribution in [-0.2, 0) is 17.9 Å². The van der Waals surface area contributed by atoms with Crippen molar-refractivity contribution in [1.82, 2.24) is 14.6 Å². The van der Waals surface area contributed by atoms with Crippen LogP contribution in [0.1, 0.15) is 23.2 Å². The van der Waals surface area contributed by atoms with Crippen LogP contribution in [0.25, 0.3) is 4.96 Å². The zero-order valence-corrected chi connectivity index (χ0v) is 15.4. The summed E-state index contributed by atoms with van der Waals surface area (Å²) in [5.41, 5.74) is 1.65. The number of nitrogens with zero attached hydrogens (tertiary/aromatic N) is 3. The second kappa shape index (κ2) is 7.21. The number of aromatic nitrogens is 3. The first-order valence-electron chi connectivity index (χ1n) is 6.97. The van der Waals surface area contributed by atoms with Crippen LogP contribution in [0, 0.1) is 0 Å². The standard InChI is InChI=1S/C15H13Cl2N3OS2/c1-2-13-19-20-14(21)6-11(18-15(20)23-13)8-22-7-9-3-4-10(16)5-12(9)17/h3-6H,2,7-8H2,1H3. The van der Waals surface area contributed by atoms with E-state index in [4.69, 9.17) is 23.2 Å². The van der Waals surface area contributed by atoms with Crippen LogP contribution in [0.4, 0.5) is 0 Å². The Morgan fingerprint density at radius 2 is 2.09 bits per heavy atom. The Labute approximate surface area is 151 Å². The molecule has 0 spiro atoms.